The molecule has 2 atom stereocenters. The third-order valence-electron chi connectivity index (χ3n) is 3.88. The highest BCUT2D eigenvalue weighted by Gasteiger charge is 2.31. The van der Waals surface area contributed by atoms with Crippen LogP contribution < -0.4 is 5.32 Å². The van der Waals surface area contributed by atoms with Crippen molar-refractivity contribution in [2.75, 3.05) is 6.54 Å². The Morgan fingerprint density at radius 2 is 2.06 bits per heavy atom. The van der Waals surface area contributed by atoms with E-state index in [1.165, 1.54) is 18.9 Å². The molecule has 0 saturated heterocycles. The Balaban J connectivity index is 1.91. The largest absolute Gasteiger partial charge is 0.314 e. The number of rotatable bonds is 5. The molecule has 18 heavy (non-hydrogen) atoms. The van der Waals surface area contributed by atoms with Crippen molar-refractivity contribution < 1.29 is 4.39 Å². The van der Waals surface area contributed by atoms with Gasteiger partial charge in [0.15, 0.2) is 0 Å². The molecule has 2 unspecified atom stereocenters. The van der Waals surface area contributed by atoms with Crippen LogP contribution in [0.5, 0.6) is 0 Å². The van der Waals surface area contributed by atoms with Gasteiger partial charge in [0, 0.05) is 6.04 Å². The van der Waals surface area contributed by atoms with Crippen LogP contribution in [-0.2, 0) is 6.42 Å². The molecule has 0 heterocycles. The maximum absolute atomic E-state index is 13.4. The topological polar surface area (TPSA) is 12.0 Å². The molecule has 1 aliphatic rings. The molecule has 0 spiro atoms. The predicted molar refractivity (Wildman–Crippen MR) is 74.5 cm³/mol. The lowest BCUT2D eigenvalue weighted by Gasteiger charge is -2.37. The third-order valence-corrected chi connectivity index (χ3v) is 4.30. The molecular weight excluding hydrogens is 249 g/mol. The second-order valence-corrected chi connectivity index (χ2v) is 5.96. The Kier molecular flexibility index (Phi) is 4.63. The molecule has 3 heteroatoms. The second-order valence-electron chi connectivity index (χ2n) is 5.58. The zero-order valence-corrected chi connectivity index (χ0v) is 11.8. The summed E-state index contributed by atoms with van der Waals surface area (Å²) in [5.41, 5.74) is 0.955. The Labute approximate surface area is 114 Å². The summed E-state index contributed by atoms with van der Waals surface area (Å²) in [4.78, 5) is 0. The second kappa shape index (κ2) is 6.03. The Morgan fingerprint density at radius 3 is 2.67 bits per heavy atom. The van der Waals surface area contributed by atoms with Crippen LogP contribution in [0.3, 0.4) is 0 Å². The Morgan fingerprint density at radius 1 is 1.33 bits per heavy atom. The van der Waals surface area contributed by atoms with Crippen molar-refractivity contribution in [1.29, 1.82) is 0 Å². The zero-order valence-electron chi connectivity index (χ0n) is 11.0. The maximum atomic E-state index is 13.4. The van der Waals surface area contributed by atoms with E-state index in [-0.39, 0.29) is 5.82 Å². The lowest BCUT2D eigenvalue weighted by Crippen LogP contribution is -2.38. The molecule has 1 N–H and O–H groups in total. The van der Waals surface area contributed by atoms with Gasteiger partial charge in [0.25, 0.3) is 0 Å². The van der Waals surface area contributed by atoms with Gasteiger partial charge >= 0.3 is 0 Å². The van der Waals surface area contributed by atoms with E-state index >= 15 is 0 Å². The first kappa shape index (κ1) is 13.8. The molecule has 0 aliphatic heterocycles. The molecule has 1 aliphatic carbocycles. The third kappa shape index (κ3) is 3.24. The van der Waals surface area contributed by atoms with Gasteiger partial charge < -0.3 is 5.32 Å². The van der Waals surface area contributed by atoms with Crippen molar-refractivity contribution in [1.82, 2.24) is 5.32 Å². The smallest absolute Gasteiger partial charge is 0.142 e. The predicted octanol–water partition coefficient (Wildman–Crippen LogP) is 4.05. The minimum absolute atomic E-state index is 0.301. The zero-order chi connectivity index (χ0) is 13.1. The molecule has 100 valence electrons. The van der Waals surface area contributed by atoms with E-state index in [1.54, 1.807) is 6.07 Å². The van der Waals surface area contributed by atoms with E-state index in [9.17, 15) is 4.39 Å². The van der Waals surface area contributed by atoms with Gasteiger partial charge in [0.2, 0.25) is 0 Å². The van der Waals surface area contributed by atoms with Crippen molar-refractivity contribution in [2.24, 2.45) is 11.8 Å². The van der Waals surface area contributed by atoms with Crippen molar-refractivity contribution in [3.63, 3.8) is 0 Å². The van der Waals surface area contributed by atoms with E-state index < -0.39 is 0 Å². The number of halogens is 2. The summed E-state index contributed by atoms with van der Waals surface area (Å²) in [6, 6.07) is 5.64. The Bertz CT molecular complexity index is 405. The highest BCUT2D eigenvalue weighted by Crippen LogP contribution is 2.37. The van der Waals surface area contributed by atoms with E-state index in [2.05, 4.69) is 19.2 Å². The van der Waals surface area contributed by atoms with Gasteiger partial charge in [0.1, 0.15) is 5.82 Å². The van der Waals surface area contributed by atoms with Gasteiger partial charge in [0.05, 0.1) is 5.02 Å². The standard InChI is InChI=1S/C15H21ClFN/c1-10(2)18-9-13-7-6-11(13)8-12-4-3-5-14(17)15(12)16/h3-5,10-11,13,18H,6-9H2,1-2H3. The highest BCUT2D eigenvalue weighted by molar-refractivity contribution is 6.31. The van der Waals surface area contributed by atoms with Crippen molar-refractivity contribution in [3.05, 3.63) is 34.6 Å². The SMILES string of the molecule is CC(C)NCC1CCC1Cc1cccc(F)c1Cl. The summed E-state index contributed by atoms with van der Waals surface area (Å²) in [7, 11) is 0. The molecule has 1 aromatic rings. The lowest BCUT2D eigenvalue weighted by atomic mass is 9.70. The average molecular weight is 270 g/mol. The maximum Gasteiger partial charge on any atom is 0.142 e. The molecule has 0 radical (unpaired) electrons. The summed E-state index contributed by atoms with van der Waals surface area (Å²) < 4.78 is 13.4. The van der Waals surface area contributed by atoms with E-state index in [4.69, 9.17) is 11.6 Å². The van der Waals surface area contributed by atoms with Gasteiger partial charge in [-0.1, -0.05) is 37.6 Å². The summed E-state index contributed by atoms with van der Waals surface area (Å²) in [5.74, 6) is 1.06. The molecule has 1 nitrogen and oxygen atoms in total. The molecule has 0 aromatic heterocycles. The van der Waals surface area contributed by atoms with Gasteiger partial charge in [-0.05, 0) is 49.3 Å². The van der Waals surface area contributed by atoms with E-state index in [0.717, 1.165) is 18.5 Å². The first-order valence-electron chi connectivity index (χ1n) is 6.74. The van der Waals surface area contributed by atoms with Crippen molar-refractivity contribution >= 4 is 11.6 Å². The van der Waals surface area contributed by atoms with E-state index in [0.29, 0.717) is 22.9 Å². The summed E-state index contributed by atoms with van der Waals surface area (Å²) in [6.45, 7) is 5.39. The number of hydrogen-bond donors (Lipinski definition) is 1. The monoisotopic (exact) mass is 269 g/mol. The molecule has 1 saturated carbocycles. The molecule has 1 fully saturated rings. The fourth-order valence-electron chi connectivity index (χ4n) is 2.55. The first-order chi connectivity index (χ1) is 8.58. The minimum Gasteiger partial charge on any atom is -0.314 e. The van der Waals surface area contributed by atoms with Gasteiger partial charge in [-0.15, -0.1) is 0 Å². The average Bonchev–Trinajstić information content (AvgIpc) is 2.29. The van der Waals surface area contributed by atoms with Crippen LogP contribution in [0, 0.1) is 17.7 Å². The summed E-state index contributed by atoms with van der Waals surface area (Å²) in [5, 5.41) is 3.79. The first-order valence-corrected chi connectivity index (χ1v) is 7.12. The van der Waals surface area contributed by atoms with Crippen LogP contribution in [0.15, 0.2) is 18.2 Å². The van der Waals surface area contributed by atoms with Crippen LogP contribution >= 0.6 is 11.6 Å². The Hall–Kier alpha value is -0.600. The van der Waals surface area contributed by atoms with Crippen LogP contribution in [-0.4, -0.2) is 12.6 Å². The van der Waals surface area contributed by atoms with Crippen LogP contribution in [0.4, 0.5) is 4.39 Å². The normalized spacial score (nSPS) is 23.2. The van der Waals surface area contributed by atoms with Crippen LogP contribution in [0.25, 0.3) is 0 Å². The molecule has 1 aromatic carbocycles. The van der Waals surface area contributed by atoms with Crippen LogP contribution in [0.2, 0.25) is 5.02 Å². The number of benzene rings is 1. The van der Waals surface area contributed by atoms with Crippen molar-refractivity contribution in [2.45, 2.75) is 39.2 Å². The fourth-order valence-corrected chi connectivity index (χ4v) is 2.75. The molecule has 2 rings (SSSR count). The quantitative estimate of drug-likeness (QED) is 0.850. The highest BCUT2D eigenvalue weighted by atomic mass is 35.5. The summed E-state index contributed by atoms with van der Waals surface area (Å²) in [6.07, 6.45) is 3.41. The molecule has 0 amide bonds. The summed E-state index contributed by atoms with van der Waals surface area (Å²) >= 11 is 6.00. The van der Waals surface area contributed by atoms with Gasteiger partial charge in [-0.25, -0.2) is 4.39 Å². The van der Waals surface area contributed by atoms with Gasteiger partial charge in [-0.3, -0.25) is 0 Å². The fraction of sp³-hybridized carbons (Fsp3) is 0.600. The lowest BCUT2D eigenvalue weighted by molar-refractivity contribution is 0.168. The van der Waals surface area contributed by atoms with E-state index in [1.807, 2.05) is 6.07 Å². The van der Waals surface area contributed by atoms with Crippen molar-refractivity contribution in [3.8, 4) is 0 Å². The molecule has 0 bridgehead atoms. The minimum atomic E-state index is -0.301. The van der Waals surface area contributed by atoms with Gasteiger partial charge in [-0.2, -0.15) is 0 Å². The molecular formula is C15H21ClFN. The number of hydrogen-bond acceptors (Lipinski definition) is 1. The number of nitrogens with one attached hydrogen (secondary N) is 1. The van der Waals surface area contributed by atoms with Crippen LogP contribution in [0.1, 0.15) is 32.3 Å².